The molecule has 4 rings (SSSR count). The second-order valence-corrected chi connectivity index (χ2v) is 8.30. The zero-order valence-corrected chi connectivity index (χ0v) is 13.7. The summed E-state index contributed by atoms with van der Waals surface area (Å²) >= 11 is 2.05. The number of aliphatic hydroxyl groups excluding tert-OH is 2. The molecular formula is C18H25NO2S. The lowest BCUT2D eigenvalue weighted by atomic mass is 9.95. The summed E-state index contributed by atoms with van der Waals surface area (Å²) in [6.07, 6.45) is 2.19. The lowest BCUT2D eigenvalue weighted by molar-refractivity contribution is 0.110. The summed E-state index contributed by atoms with van der Waals surface area (Å²) < 4.78 is 0. The van der Waals surface area contributed by atoms with Gasteiger partial charge in [-0.25, -0.2) is 0 Å². The van der Waals surface area contributed by atoms with Gasteiger partial charge in [-0.2, -0.15) is 11.8 Å². The Hall–Kier alpha value is -0.550. The molecule has 0 bridgehead atoms. The highest BCUT2D eigenvalue weighted by atomic mass is 32.2. The van der Waals surface area contributed by atoms with Crippen molar-refractivity contribution in [1.29, 1.82) is 0 Å². The number of hydrogen-bond acceptors (Lipinski definition) is 4. The summed E-state index contributed by atoms with van der Waals surface area (Å²) in [5.74, 6) is 3.02. The van der Waals surface area contributed by atoms with Crippen LogP contribution in [-0.4, -0.2) is 58.5 Å². The topological polar surface area (TPSA) is 43.7 Å². The van der Waals surface area contributed by atoms with Gasteiger partial charge in [0.05, 0.1) is 6.10 Å². The van der Waals surface area contributed by atoms with E-state index in [0.717, 1.165) is 13.1 Å². The van der Waals surface area contributed by atoms with Crippen LogP contribution in [0.5, 0.6) is 0 Å². The van der Waals surface area contributed by atoms with Crippen LogP contribution in [0.15, 0.2) is 30.3 Å². The minimum absolute atomic E-state index is 0.110. The fourth-order valence-corrected chi connectivity index (χ4v) is 6.01. The smallest absolute Gasteiger partial charge is 0.0745 e. The Bertz CT molecular complexity index is 519. The summed E-state index contributed by atoms with van der Waals surface area (Å²) in [5, 5.41) is 20.6. The number of rotatable bonds is 3. The van der Waals surface area contributed by atoms with E-state index in [0.29, 0.717) is 12.0 Å². The average molecular weight is 319 g/mol. The van der Waals surface area contributed by atoms with Crippen LogP contribution < -0.4 is 0 Å². The van der Waals surface area contributed by atoms with Crippen molar-refractivity contribution in [1.82, 2.24) is 4.90 Å². The van der Waals surface area contributed by atoms with Crippen molar-refractivity contribution in [2.24, 2.45) is 11.3 Å². The molecule has 0 radical (unpaired) electrons. The molecule has 0 aromatic heterocycles. The minimum Gasteiger partial charge on any atom is -0.396 e. The summed E-state index contributed by atoms with van der Waals surface area (Å²) in [6, 6.07) is 11.1. The third-order valence-electron chi connectivity index (χ3n) is 6.13. The van der Waals surface area contributed by atoms with Crippen molar-refractivity contribution in [3.63, 3.8) is 0 Å². The Labute approximate surface area is 136 Å². The molecule has 1 aromatic rings. The highest BCUT2D eigenvalue weighted by molar-refractivity contribution is 7.99. The van der Waals surface area contributed by atoms with E-state index in [2.05, 4.69) is 29.2 Å². The molecule has 2 N–H and O–H groups in total. The lowest BCUT2D eigenvalue weighted by Crippen LogP contribution is -2.36. The van der Waals surface area contributed by atoms with Crippen LogP contribution in [0.25, 0.3) is 0 Å². The molecule has 1 aliphatic carbocycles. The van der Waals surface area contributed by atoms with Gasteiger partial charge in [0.15, 0.2) is 0 Å². The van der Waals surface area contributed by atoms with Gasteiger partial charge in [0.25, 0.3) is 0 Å². The Morgan fingerprint density at radius 1 is 1.18 bits per heavy atom. The molecule has 0 amide bonds. The van der Waals surface area contributed by atoms with Crippen LogP contribution in [-0.2, 0) is 0 Å². The zero-order chi connectivity index (χ0) is 15.2. The molecule has 1 spiro atoms. The van der Waals surface area contributed by atoms with Gasteiger partial charge in [0.2, 0.25) is 0 Å². The fraction of sp³-hybridized carbons (Fsp3) is 0.667. The second kappa shape index (κ2) is 5.82. The molecule has 3 fully saturated rings. The van der Waals surface area contributed by atoms with E-state index >= 15 is 0 Å². The standard InChI is InChI=1S/C18H25NO2S/c20-11-15-17(13-4-2-1-3-5-13)18(15)12-19(10-16(18)21)14-6-8-22-9-7-14/h1-5,14-17,20-21H,6-12H2/t15-,16-,17-,18-/m1/s1. The average Bonchev–Trinajstić information content (AvgIpc) is 3.11. The Morgan fingerprint density at radius 2 is 1.91 bits per heavy atom. The number of nitrogens with zero attached hydrogens (tertiary/aromatic N) is 1. The first-order chi connectivity index (χ1) is 10.8. The van der Waals surface area contributed by atoms with Crippen molar-refractivity contribution in [3.8, 4) is 0 Å². The maximum atomic E-state index is 10.8. The number of β-amino-alcohol motifs (C(OH)–C–C–N with tert-alkyl or cyclic N) is 1. The van der Waals surface area contributed by atoms with E-state index in [-0.39, 0.29) is 24.0 Å². The Morgan fingerprint density at radius 3 is 2.59 bits per heavy atom. The Balaban J connectivity index is 1.55. The first-order valence-electron chi connectivity index (χ1n) is 8.43. The molecule has 2 heterocycles. The molecule has 3 nitrogen and oxygen atoms in total. The lowest BCUT2D eigenvalue weighted by Gasteiger charge is -2.30. The molecule has 2 aliphatic heterocycles. The molecule has 1 saturated carbocycles. The normalized spacial score (nSPS) is 39.5. The van der Waals surface area contributed by atoms with Crippen LogP contribution in [0.2, 0.25) is 0 Å². The first kappa shape index (κ1) is 15.0. The van der Waals surface area contributed by atoms with Crippen LogP contribution in [0, 0.1) is 11.3 Å². The molecule has 22 heavy (non-hydrogen) atoms. The predicted molar refractivity (Wildman–Crippen MR) is 90.1 cm³/mol. The van der Waals surface area contributed by atoms with E-state index in [1.807, 2.05) is 17.8 Å². The van der Waals surface area contributed by atoms with Gasteiger partial charge < -0.3 is 10.2 Å². The second-order valence-electron chi connectivity index (χ2n) is 7.08. The summed E-state index contributed by atoms with van der Waals surface area (Å²) in [4.78, 5) is 2.51. The van der Waals surface area contributed by atoms with E-state index in [1.165, 1.54) is 29.9 Å². The largest absolute Gasteiger partial charge is 0.396 e. The number of aliphatic hydroxyl groups is 2. The van der Waals surface area contributed by atoms with E-state index in [4.69, 9.17) is 0 Å². The van der Waals surface area contributed by atoms with Gasteiger partial charge in [-0.3, -0.25) is 4.90 Å². The first-order valence-corrected chi connectivity index (χ1v) is 9.58. The number of thioether (sulfide) groups is 1. The van der Waals surface area contributed by atoms with Crippen molar-refractivity contribution in [2.75, 3.05) is 31.2 Å². The van der Waals surface area contributed by atoms with Crippen molar-refractivity contribution < 1.29 is 10.2 Å². The van der Waals surface area contributed by atoms with Crippen LogP contribution in [0.1, 0.15) is 24.3 Å². The summed E-state index contributed by atoms with van der Waals surface area (Å²) in [5.41, 5.74) is 1.17. The highest BCUT2D eigenvalue weighted by Gasteiger charge is 2.71. The van der Waals surface area contributed by atoms with E-state index in [1.54, 1.807) is 0 Å². The molecule has 120 valence electrons. The molecule has 1 aromatic carbocycles. The number of benzene rings is 1. The highest BCUT2D eigenvalue weighted by Crippen LogP contribution is 2.69. The van der Waals surface area contributed by atoms with E-state index < -0.39 is 0 Å². The predicted octanol–water partition coefficient (Wildman–Crippen LogP) is 1.95. The maximum Gasteiger partial charge on any atom is 0.0745 e. The van der Waals surface area contributed by atoms with Gasteiger partial charge in [-0.05, 0) is 41.7 Å². The van der Waals surface area contributed by atoms with Gasteiger partial charge in [-0.15, -0.1) is 0 Å². The maximum absolute atomic E-state index is 10.8. The van der Waals surface area contributed by atoms with E-state index in [9.17, 15) is 10.2 Å². The molecule has 2 saturated heterocycles. The molecule has 4 heteroatoms. The van der Waals surface area contributed by atoms with Crippen molar-refractivity contribution in [3.05, 3.63) is 35.9 Å². The van der Waals surface area contributed by atoms with Crippen molar-refractivity contribution >= 4 is 11.8 Å². The molecule has 3 aliphatic rings. The minimum atomic E-state index is -0.301. The van der Waals surface area contributed by atoms with Crippen LogP contribution in [0.3, 0.4) is 0 Å². The third-order valence-corrected chi connectivity index (χ3v) is 7.18. The fourth-order valence-electron chi connectivity index (χ4n) is 4.93. The van der Waals surface area contributed by atoms with Gasteiger partial charge in [0.1, 0.15) is 0 Å². The van der Waals surface area contributed by atoms with Gasteiger partial charge in [-0.1, -0.05) is 30.3 Å². The van der Waals surface area contributed by atoms with Gasteiger partial charge in [0, 0.05) is 31.2 Å². The third kappa shape index (κ3) is 2.23. The summed E-state index contributed by atoms with van der Waals surface area (Å²) in [6.45, 7) is 1.93. The molecule has 4 atom stereocenters. The molecule has 0 unspecified atom stereocenters. The van der Waals surface area contributed by atoms with Crippen LogP contribution >= 0.6 is 11.8 Å². The molecular weight excluding hydrogens is 294 g/mol. The van der Waals surface area contributed by atoms with Gasteiger partial charge >= 0.3 is 0 Å². The zero-order valence-electron chi connectivity index (χ0n) is 12.9. The van der Waals surface area contributed by atoms with Crippen molar-refractivity contribution in [2.45, 2.75) is 30.9 Å². The van der Waals surface area contributed by atoms with Crippen LogP contribution in [0.4, 0.5) is 0 Å². The SMILES string of the molecule is OC[C@@H]1[C@@H](c2ccccc2)[C@]12CN(C1CCSCC1)C[C@H]2O. The quantitative estimate of drug-likeness (QED) is 0.894. The number of likely N-dealkylation sites (tertiary alicyclic amines) is 1. The monoisotopic (exact) mass is 319 g/mol. The number of hydrogen-bond donors (Lipinski definition) is 2. The summed E-state index contributed by atoms with van der Waals surface area (Å²) in [7, 11) is 0. The Kier molecular flexibility index (Phi) is 3.97.